The van der Waals surface area contributed by atoms with Crippen molar-refractivity contribution in [1.82, 2.24) is 18.5 Å². The highest BCUT2D eigenvalue weighted by Gasteiger charge is 2.21. The van der Waals surface area contributed by atoms with E-state index in [-0.39, 0.29) is 0 Å². The Balaban J connectivity index is 1.45. The number of pyridine rings is 1. The first kappa shape index (κ1) is 22.8. The van der Waals surface area contributed by atoms with Crippen LogP contribution in [0.2, 0.25) is 0 Å². The lowest BCUT2D eigenvalue weighted by molar-refractivity contribution is 1.18. The van der Waals surface area contributed by atoms with Crippen molar-refractivity contribution in [2.75, 3.05) is 0 Å². The van der Waals surface area contributed by atoms with Crippen molar-refractivity contribution in [2.24, 2.45) is 0 Å². The van der Waals surface area contributed by atoms with Gasteiger partial charge in [0.2, 0.25) is 0 Å². The van der Waals surface area contributed by atoms with Crippen molar-refractivity contribution < 1.29 is 0 Å². The van der Waals surface area contributed by atoms with Crippen LogP contribution in [0.4, 0.5) is 0 Å². The molecular formula is C39H24N4. The number of hydrogen-bond acceptors (Lipinski definition) is 1. The van der Waals surface area contributed by atoms with Crippen LogP contribution in [0.3, 0.4) is 0 Å². The average Bonchev–Trinajstić information content (AvgIpc) is 3.77. The van der Waals surface area contributed by atoms with Gasteiger partial charge in [-0.1, -0.05) is 84.9 Å². The Hall–Kier alpha value is -5.87. The van der Waals surface area contributed by atoms with Gasteiger partial charge in [0.25, 0.3) is 0 Å². The van der Waals surface area contributed by atoms with Gasteiger partial charge in [-0.05, 0) is 53.9 Å². The first-order chi connectivity index (χ1) is 21.4. The van der Waals surface area contributed by atoms with E-state index < -0.39 is 0 Å². The van der Waals surface area contributed by atoms with Crippen LogP contribution in [0.1, 0.15) is 0 Å². The summed E-state index contributed by atoms with van der Waals surface area (Å²) in [5.74, 6) is 0. The van der Waals surface area contributed by atoms with Crippen LogP contribution >= 0.6 is 0 Å². The van der Waals surface area contributed by atoms with Crippen LogP contribution < -0.4 is 0 Å². The van der Waals surface area contributed by atoms with E-state index in [0.717, 1.165) is 22.5 Å². The quantitative estimate of drug-likeness (QED) is 0.198. The number of para-hydroxylation sites is 4. The minimum atomic E-state index is 0.967. The molecule has 0 aliphatic heterocycles. The maximum atomic E-state index is 5.00. The number of imidazole rings is 1. The Bertz CT molecular complexity index is 2710. The highest BCUT2D eigenvalue weighted by Crippen LogP contribution is 2.42. The molecule has 4 heterocycles. The van der Waals surface area contributed by atoms with Gasteiger partial charge in [0.15, 0.2) is 0 Å². The largest absolute Gasteiger partial charge is 0.309 e. The van der Waals surface area contributed by atoms with E-state index in [1.165, 1.54) is 59.8 Å². The lowest BCUT2D eigenvalue weighted by Crippen LogP contribution is -1.97. The van der Waals surface area contributed by atoms with Crippen LogP contribution in [0.25, 0.3) is 82.3 Å². The van der Waals surface area contributed by atoms with Crippen LogP contribution in [0, 0.1) is 0 Å². The molecule has 10 aromatic rings. The van der Waals surface area contributed by atoms with Crippen molar-refractivity contribution in [3.05, 3.63) is 146 Å². The number of nitrogens with zero attached hydrogens (tertiary/aromatic N) is 4. The third-order valence-corrected chi connectivity index (χ3v) is 9.07. The molecule has 0 amide bonds. The Morgan fingerprint density at radius 2 is 1.00 bits per heavy atom. The van der Waals surface area contributed by atoms with Crippen LogP contribution in [0.5, 0.6) is 0 Å². The predicted molar refractivity (Wildman–Crippen MR) is 179 cm³/mol. The molecule has 0 aliphatic rings. The van der Waals surface area contributed by atoms with Gasteiger partial charge < -0.3 is 9.13 Å². The average molecular weight is 549 g/mol. The van der Waals surface area contributed by atoms with Gasteiger partial charge in [-0.15, -0.1) is 0 Å². The van der Waals surface area contributed by atoms with Gasteiger partial charge in [-0.2, -0.15) is 0 Å². The predicted octanol–water partition coefficient (Wildman–Crippen LogP) is 9.83. The summed E-state index contributed by atoms with van der Waals surface area (Å²) in [4.78, 5) is 5.00. The third kappa shape index (κ3) is 2.97. The zero-order valence-corrected chi connectivity index (χ0v) is 23.1. The van der Waals surface area contributed by atoms with Gasteiger partial charge in [-0.25, -0.2) is 4.98 Å². The van der Waals surface area contributed by atoms with Crippen molar-refractivity contribution in [3.63, 3.8) is 0 Å². The highest BCUT2D eigenvalue weighted by molar-refractivity contribution is 6.28. The van der Waals surface area contributed by atoms with Crippen molar-refractivity contribution >= 4 is 70.9 Å². The van der Waals surface area contributed by atoms with Gasteiger partial charge in [0, 0.05) is 50.7 Å². The van der Waals surface area contributed by atoms with Crippen LogP contribution in [0.15, 0.2) is 146 Å². The molecule has 0 spiro atoms. The Kier molecular flexibility index (Phi) is 4.42. The van der Waals surface area contributed by atoms with Gasteiger partial charge in [-0.3, -0.25) is 4.40 Å². The standard InChI is InChI=1S/C39H24N4/c1-3-11-25(12-4-1)42-33-17-9-8-16-28(33)31-23-32-29-19-20-30-27-15-7-10-18-34(27)43(26-13-5-2-6-14-26)38(30)37(29)39-40-21-22-41(39)35(32)24-36(31)42/h1-24H. The van der Waals surface area contributed by atoms with E-state index >= 15 is 0 Å². The summed E-state index contributed by atoms with van der Waals surface area (Å²) >= 11 is 0. The number of rotatable bonds is 2. The molecule has 0 fully saturated rings. The van der Waals surface area contributed by atoms with Crippen molar-refractivity contribution in [2.45, 2.75) is 0 Å². The highest BCUT2D eigenvalue weighted by atomic mass is 15.0. The lowest BCUT2D eigenvalue weighted by atomic mass is 10.0. The summed E-state index contributed by atoms with van der Waals surface area (Å²) in [7, 11) is 0. The second-order valence-corrected chi connectivity index (χ2v) is 11.3. The number of benzene rings is 6. The van der Waals surface area contributed by atoms with E-state index in [2.05, 4.69) is 153 Å². The van der Waals surface area contributed by atoms with Gasteiger partial charge in [0.1, 0.15) is 5.65 Å². The molecule has 0 bridgehead atoms. The summed E-state index contributed by atoms with van der Waals surface area (Å²) in [5.41, 5.74) is 9.20. The van der Waals surface area contributed by atoms with Crippen molar-refractivity contribution in [3.8, 4) is 11.4 Å². The smallest absolute Gasteiger partial charge is 0.147 e. The third-order valence-electron chi connectivity index (χ3n) is 9.07. The molecule has 4 heteroatoms. The number of hydrogen-bond donors (Lipinski definition) is 0. The van der Waals surface area contributed by atoms with E-state index in [0.29, 0.717) is 0 Å². The molecule has 10 rings (SSSR count). The van der Waals surface area contributed by atoms with E-state index in [1.54, 1.807) is 0 Å². The molecule has 0 N–H and O–H groups in total. The summed E-state index contributed by atoms with van der Waals surface area (Å²) in [6, 6.07) is 48.1. The monoisotopic (exact) mass is 548 g/mol. The fraction of sp³-hybridized carbons (Fsp3) is 0. The molecule has 0 atom stereocenters. The molecule has 6 aromatic carbocycles. The molecule has 4 nitrogen and oxygen atoms in total. The molecule has 0 unspecified atom stereocenters. The Morgan fingerprint density at radius 3 is 1.74 bits per heavy atom. The second-order valence-electron chi connectivity index (χ2n) is 11.3. The SMILES string of the molecule is c1ccc(-n2c3ccccc3c3cc4c5ccc6c7ccccc7n(-c7ccccc7)c6c5c5nccn5c4cc32)cc1. The lowest BCUT2D eigenvalue weighted by Gasteiger charge is -2.14. The minimum absolute atomic E-state index is 0.967. The molecule has 200 valence electrons. The van der Waals surface area contributed by atoms with Crippen LogP contribution in [-0.2, 0) is 0 Å². The topological polar surface area (TPSA) is 27.2 Å². The fourth-order valence-corrected chi connectivity index (χ4v) is 7.31. The second kappa shape index (κ2) is 8.34. The normalized spacial score (nSPS) is 12.2. The molecule has 0 saturated carbocycles. The maximum absolute atomic E-state index is 5.00. The van der Waals surface area contributed by atoms with Crippen molar-refractivity contribution in [1.29, 1.82) is 0 Å². The first-order valence-corrected chi connectivity index (χ1v) is 14.7. The molecular weight excluding hydrogens is 524 g/mol. The zero-order valence-electron chi connectivity index (χ0n) is 23.1. The van der Waals surface area contributed by atoms with Gasteiger partial charge in [0.05, 0.1) is 33.0 Å². The summed E-state index contributed by atoms with van der Waals surface area (Å²) < 4.78 is 7.07. The molecule has 0 radical (unpaired) electrons. The van der Waals surface area contributed by atoms with E-state index in [1.807, 2.05) is 6.20 Å². The Morgan fingerprint density at radius 1 is 0.419 bits per heavy atom. The summed E-state index contributed by atoms with van der Waals surface area (Å²) in [6.07, 6.45) is 4.03. The zero-order chi connectivity index (χ0) is 28.1. The minimum Gasteiger partial charge on any atom is -0.309 e. The molecule has 43 heavy (non-hydrogen) atoms. The molecule has 0 saturated heterocycles. The van der Waals surface area contributed by atoms with E-state index in [9.17, 15) is 0 Å². The molecule has 4 aromatic heterocycles. The fourth-order valence-electron chi connectivity index (χ4n) is 7.31. The Labute approximate surface area is 246 Å². The number of aromatic nitrogens is 4. The molecule has 0 aliphatic carbocycles. The van der Waals surface area contributed by atoms with E-state index in [4.69, 9.17) is 4.98 Å². The summed E-state index contributed by atoms with van der Waals surface area (Å²) in [6.45, 7) is 0. The van der Waals surface area contributed by atoms with Gasteiger partial charge >= 0.3 is 0 Å². The number of fused-ring (bicyclic) bond motifs is 13. The first-order valence-electron chi connectivity index (χ1n) is 14.7. The maximum Gasteiger partial charge on any atom is 0.147 e. The van der Waals surface area contributed by atoms with Crippen LogP contribution in [-0.4, -0.2) is 18.5 Å². The summed E-state index contributed by atoms with van der Waals surface area (Å²) in [5, 5.41) is 8.57.